The Labute approximate surface area is 120 Å². The molecule has 0 aliphatic carbocycles. The molecule has 2 fully saturated rings. The highest BCUT2D eigenvalue weighted by Gasteiger charge is 2.39. The summed E-state index contributed by atoms with van der Waals surface area (Å²) in [6, 6.07) is 0.317. The molecule has 114 valence electrons. The van der Waals surface area contributed by atoms with Gasteiger partial charge in [0.1, 0.15) is 6.10 Å². The standard InChI is InChI=1S/C15H25NO4/c1-10(2)5-6-11-4-3-9-16(11)14(17)12-7-8-13(20-12)15(18)19/h10-13H,3-9H2,1-2H3,(H,18,19)/t11?,12-,13+/m0/s1. The lowest BCUT2D eigenvalue weighted by molar-refractivity contribution is -0.155. The van der Waals surface area contributed by atoms with Crippen molar-refractivity contribution in [2.24, 2.45) is 5.92 Å². The monoisotopic (exact) mass is 283 g/mol. The molecule has 0 aromatic rings. The molecule has 2 saturated heterocycles. The first-order valence-corrected chi connectivity index (χ1v) is 7.67. The summed E-state index contributed by atoms with van der Waals surface area (Å²) in [6.07, 6.45) is 3.89. The number of hydrogen-bond donors (Lipinski definition) is 1. The third-order valence-electron chi connectivity index (χ3n) is 4.31. The Kier molecular flexibility index (Phi) is 5.02. The van der Waals surface area contributed by atoms with Crippen molar-refractivity contribution >= 4 is 11.9 Å². The summed E-state index contributed by atoms with van der Waals surface area (Å²) in [4.78, 5) is 25.3. The van der Waals surface area contributed by atoms with Crippen molar-refractivity contribution in [3.63, 3.8) is 0 Å². The Hall–Kier alpha value is -1.10. The molecule has 2 heterocycles. The van der Waals surface area contributed by atoms with E-state index in [0.29, 0.717) is 24.8 Å². The van der Waals surface area contributed by atoms with Crippen LogP contribution in [0.1, 0.15) is 52.4 Å². The van der Waals surface area contributed by atoms with Gasteiger partial charge in [0.05, 0.1) is 0 Å². The predicted molar refractivity (Wildman–Crippen MR) is 74.3 cm³/mol. The molecular formula is C15H25NO4. The Bertz CT molecular complexity index is 369. The number of ether oxygens (including phenoxy) is 1. The molecule has 5 heteroatoms. The van der Waals surface area contributed by atoms with Gasteiger partial charge in [0, 0.05) is 12.6 Å². The molecule has 2 rings (SSSR count). The highest BCUT2D eigenvalue weighted by Crippen LogP contribution is 2.28. The van der Waals surface area contributed by atoms with Gasteiger partial charge in [-0.15, -0.1) is 0 Å². The van der Waals surface area contributed by atoms with Crippen molar-refractivity contribution in [1.82, 2.24) is 4.90 Å². The molecule has 5 nitrogen and oxygen atoms in total. The summed E-state index contributed by atoms with van der Waals surface area (Å²) in [7, 11) is 0. The van der Waals surface area contributed by atoms with Crippen molar-refractivity contribution in [2.45, 2.75) is 70.6 Å². The average molecular weight is 283 g/mol. The van der Waals surface area contributed by atoms with E-state index in [4.69, 9.17) is 9.84 Å². The first kappa shape index (κ1) is 15.3. The van der Waals surface area contributed by atoms with Crippen LogP contribution >= 0.6 is 0 Å². The average Bonchev–Trinajstić information content (AvgIpc) is 3.04. The molecule has 1 N–H and O–H groups in total. The van der Waals surface area contributed by atoms with Gasteiger partial charge in [0.15, 0.2) is 6.10 Å². The van der Waals surface area contributed by atoms with E-state index in [1.165, 1.54) is 0 Å². The molecule has 2 aliphatic rings. The van der Waals surface area contributed by atoms with Crippen LogP contribution in [0.5, 0.6) is 0 Å². The van der Waals surface area contributed by atoms with Gasteiger partial charge >= 0.3 is 5.97 Å². The molecule has 0 radical (unpaired) electrons. The quantitative estimate of drug-likeness (QED) is 0.838. The van der Waals surface area contributed by atoms with Crippen molar-refractivity contribution in [3.05, 3.63) is 0 Å². The van der Waals surface area contributed by atoms with E-state index in [2.05, 4.69) is 13.8 Å². The highest BCUT2D eigenvalue weighted by atomic mass is 16.5. The van der Waals surface area contributed by atoms with Crippen LogP contribution in [0.4, 0.5) is 0 Å². The van der Waals surface area contributed by atoms with Crippen LogP contribution in [-0.4, -0.2) is 46.7 Å². The normalized spacial score (nSPS) is 30.1. The summed E-state index contributed by atoms with van der Waals surface area (Å²) in [5.41, 5.74) is 0. The van der Waals surface area contributed by atoms with E-state index >= 15 is 0 Å². The largest absolute Gasteiger partial charge is 0.479 e. The van der Waals surface area contributed by atoms with Gasteiger partial charge in [0.2, 0.25) is 0 Å². The Morgan fingerprint density at radius 2 is 1.95 bits per heavy atom. The minimum Gasteiger partial charge on any atom is -0.479 e. The van der Waals surface area contributed by atoms with Crippen molar-refractivity contribution in [1.29, 1.82) is 0 Å². The van der Waals surface area contributed by atoms with Crippen LogP contribution in [0.3, 0.4) is 0 Å². The number of amides is 1. The van der Waals surface area contributed by atoms with Gasteiger partial charge in [-0.1, -0.05) is 13.8 Å². The number of hydrogen-bond acceptors (Lipinski definition) is 3. The maximum absolute atomic E-state index is 12.5. The van der Waals surface area contributed by atoms with Crippen LogP contribution in [0.15, 0.2) is 0 Å². The fourth-order valence-corrected chi connectivity index (χ4v) is 3.14. The number of rotatable bonds is 5. The first-order chi connectivity index (χ1) is 9.49. The molecule has 0 aromatic carbocycles. The van der Waals surface area contributed by atoms with Crippen molar-refractivity contribution in [2.75, 3.05) is 6.54 Å². The van der Waals surface area contributed by atoms with E-state index in [1.54, 1.807) is 0 Å². The zero-order valence-corrected chi connectivity index (χ0v) is 12.4. The van der Waals surface area contributed by atoms with E-state index in [-0.39, 0.29) is 5.91 Å². The van der Waals surface area contributed by atoms with Crippen molar-refractivity contribution < 1.29 is 19.4 Å². The highest BCUT2D eigenvalue weighted by molar-refractivity contribution is 5.83. The topological polar surface area (TPSA) is 66.8 Å². The third-order valence-corrected chi connectivity index (χ3v) is 4.31. The lowest BCUT2D eigenvalue weighted by Gasteiger charge is -2.27. The number of carbonyl (C=O) groups is 2. The number of carboxylic acid groups (broad SMARTS) is 1. The third kappa shape index (κ3) is 3.51. The van der Waals surface area contributed by atoms with E-state index in [1.807, 2.05) is 4.90 Å². The Morgan fingerprint density at radius 1 is 1.25 bits per heavy atom. The van der Waals surface area contributed by atoms with Crippen LogP contribution in [0.2, 0.25) is 0 Å². The summed E-state index contributed by atoms with van der Waals surface area (Å²) in [5.74, 6) is -0.315. The summed E-state index contributed by atoms with van der Waals surface area (Å²) < 4.78 is 5.38. The fourth-order valence-electron chi connectivity index (χ4n) is 3.14. The fraction of sp³-hybridized carbons (Fsp3) is 0.867. The van der Waals surface area contributed by atoms with Gasteiger partial charge in [0.25, 0.3) is 5.91 Å². The van der Waals surface area contributed by atoms with Crippen LogP contribution in [-0.2, 0) is 14.3 Å². The van der Waals surface area contributed by atoms with E-state index in [0.717, 1.165) is 32.2 Å². The first-order valence-electron chi connectivity index (χ1n) is 7.67. The second-order valence-electron chi connectivity index (χ2n) is 6.33. The maximum atomic E-state index is 12.5. The van der Waals surface area contributed by atoms with Crippen molar-refractivity contribution in [3.8, 4) is 0 Å². The zero-order chi connectivity index (χ0) is 14.7. The van der Waals surface area contributed by atoms with Gasteiger partial charge in [-0.3, -0.25) is 4.79 Å². The van der Waals surface area contributed by atoms with Gasteiger partial charge < -0.3 is 14.7 Å². The molecule has 1 unspecified atom stereocenters. The lowest BCUT2D eigenvalue weighted by atomic mass is 10.0. The molecule has 0 spiro atoms. The smallest absolute Gasteiger partial charge is 0.332 e. The number of aliphatic carboxylic acids is 1. The minimum atomic E-state index is -0.960. The molecule has 0 aromatic heterocycles. The van der Waals surface area contributed by atoms with E-state index < -0.39 is 18.2 Å². The molecule has 3 atom stereocenters. The Morgan fingerprint density at radius 3 is 2.55 bits per heavy atom. The number of likely N-dealkylation sites (tertiary alicyclic amines) is 1. The van der Waals surface area contributed by atoms with Crippen LogP contribution < -0.4 is 0 Å². The summed E-state index contributed by atoms with van der Waals surface area (Å²) in [5, 5.41) is 8.93. The van der Waals surface area contributed by atoms with Gasteiger partial charge in [-0.05, 0) is 44.4 Å². The lowest BCUT2D eigenvalue weighted by Crippen LogP contribution is -2.42. The summed E-state index contributed by atoms with van der Waals surface area (Å²) >= 11 is 0. The van der Waals surface area contributed by atoms with Gasteiger partial charge in [-0.2, -0.15) is 0 Å². The predicted octanol–water partition coefficient (Wildman–Crippen LogP) is 2.05. The second kappa shape index (κ2) is 6.57. The molecule has 0 bridgehead atoms. The molecule has 2 aliphatic heterocycles. The van der Waals surface area contributed by atoms with Crippen LogP contribution in [0, 0.1) is 5.92 Å². The minimum absolute atomic E-state index is 0.00000567. The molecule has 20 heavy (non-hydrogen) atoms. The SMILES string of the molecule is CC(C)CCC1CCCN1C(=O)[C@@H]1CC[C@H](C(=O)O)O1. The zero-order valence-electron chi connectivity index (χ0n) is 12.4. The second-order valence-corrected chi connectivity index (χ2v) is 6.33. The number of carboxylic acids is 1. The number of nitrogens with zero attached hydrogens (tertiary/aromatic N) is 1. The van der Waals surface area contributed by atoms with Crippen LogP contribution in [0.25, 0.3) is 0 Å². The Balaban J connectivity index is 1.89. The molecular weight excluding hydrogens is 258 g/mol. The van der Waals surface area contributed by atoms with E-state index in [9.17, 15) is 9.59 Å². The maximum Gasteiger partial charge on any atom is 0.332 e. The number of carbonyl (C=O) groups excluding carboxylic acids is 1. The van der Waals surface area contributed by atoms with Gasteiger partial charge in [-0.25, -0.2) is 4.79 Å². The molecule has 1 amide bonds. The summed E-state index contributed by atoms with van der Waals surface area (Å²) in [6.45, 7) is 5.18. The molecule has 0 saturated carbocycles.